The highest BCUT2D eigenvalue weighted by atomic mass is 16.5. The van der Waals surface area contributed by atoms with E-state index < -0.39 is 11.2 Å². The van der Waals surface area contributed by atoms with Gasteiger partial charge in [0.05, 0.1) is 23.7 Å². The molecule has 0 fully saturated rings. The Hall–Kier alpha value is -1.31. The van der Waals surface area contributed by atoms with Crippen molar-refractivity contribution in [1.29, 1.82) is 5.26 Å². The van der Waals surface area contributed by atoms with E-state index in [0.717, 1.165) is 11.0 Å². The van der Waals surface area contributed by atoms with Gasteiger partial charge in [-0.1, -0.05) is 29.7 Å². The average Bonchev–Trinajstić information content (AvgIpc) is 2.28. The topological polar surface area (TPSA) is 53.2 Å². The van der Waals surface area contributed by atoms with Gasteiger partial charge >= 0.3 is 0 Å². The molecule has 0 amide bonds. The molecule has 0 atom stereocenters. The van der Waals surface area contributed by atoms with Gasteiger partial charge in [0.15, 0.2) is 7.28 Å². The molecule has 1 rings (SSSR count). The molecule has 1 N–H and O–H groups in total. The summed E-state index contributed by atoms with van der Waals surface area (Å²) in [6.45, 7) is 7.63. The van der Waals surface area contributed by atoms with Crippen molar-refractivity contribution in [2.45, 2.75) is 45.3 Å². The number of nitrogens with zero attached hydrogens (tertiary/aromatic N) is 1. The molecule has 0 aliphatic carbocycles. The van der Waals surface area contributed by atoms with Crippen LogP contribution in [0.3, 0.4) is 0 Å². The molecule has 0 spiro atoms. The van der Waals surface area contributed by atoms with E-state index in [1.807, 2.05) is 45.4 Å². The van der Waals surface area contributed by atoms with Crippen LogP contribution in [0.4, 0.5) is 0 Å². The molecule has 0 bridgehead atoms. The van der Waals surface area contributed by atoms with Crippen molar-refractivity contribution in [3.63, 3.8) is 0 Å². The van der Waals surface area contributed by atoms with E-state index >= 15 is 0 Å². The summed E-state index contributed by atoms with van der Waals surface area (Å²) in [5.41, 5.74) is 0.509. The molecule has 0 aliphatic rings. The van der Waals surface area contributed by atoms with E-state index in [2.05, 4.69) is 6.07 Å². The first-order valence-electron chi connectivity index (χ1n) is 6.42. The predicted octanol–water partition coefficient (Wildman–Crippen LogP) is 1.61. The maximum atomic E-state index is 9.98. The molecule has 3 nitrogen and oxygen atoms in total. The summed E-state index contributed by atoms with van der Waals surface area (Å²) in [6, 6.07) is 9.95. The summed E-state index contributed by atoms with van der Waals surface area (Å²) in [6.07, 6.45) is 0.414. The number of benzene rings is 1. The molecule has 1 radical (unpaired) electrons. The fourth-order valence-electron chi connectivity index (χ4n) is 1.44. The van der Waals surface area contributed by atoms with Gasteiger partial charge in [0.1, 0.15) is 0 Å². The van der Waals surface area contributed by atoms with Crippen LogP contribution in [-0.2, 0) is 11.2 Å². The minimum Gasteiger partial charge on any atom is -0.387 e. The van der Waals surface area contributed by atoms with Crippen LogP contribution in [0.25, 0.3) is 0 Å². The van der Waals surface area contributed by atoms with Gasteiger partial charge in [0, 0.05) is 6.51 Å². The van der Waals surface area contributed by atoms with Crippen LogP contribution >= 0.6 is 0 Å². The van der Waals surface area contributed by atoms with Crippen LogP contribution in [0.15, 0.2) is 24.3 Å². The van der Waals surface area contributed by atoms with Gasteiger partial charge in [-0.3, -0.25) is 0 Å². The quantitative estimate of drug-likeness (QED) is 0.788. The molecular weight excluding hydrogens is 237 g/mol. The van der Waals surface area contributed by atoms with Crippen LogP contribution in [0.5, 0.6) is 0 Å². The van der Waals surface area contributed by atoms with Gasteiger partial charge in [-0.15, -0.1) is 0 Å². The Kier molecular flexibility index (Phi) is 5.16. The standard InChI is InChI=1S/C15H21BNO2/c1-14(2,18)15(3,4)19-11-16-13-7-5-6-12(10-13)8-9-17/h5-7,10,18H,8,11H2,1-4H3. The zero-order valence-corrected chi connectivity index (χ0v) is 12.1. The molecule has 0 aromatic heterocycles. The molecule has 0 aliphatic heterocycles. The van der Waals surface area contributed by atoms with Gasteiger partial charge in [-0.2, -0.15) is 5.26 Å². The molecule has 1 aromatic carbocycles. The van der Waals surface area contributed by atoms with Crippen LogP contribution in [0.2, 0.25) is 0 Å². The normalized spacial score (nSPS) is 12.0. The maximum Gasteiger partial charge on any atom is 0.185 e. The SMILES string of the molecule is CC(C)(O)C(C)(C)OC[B]c1cccc(CC#N)c1. The Labute approximate surface area is 116 Å². The molecule has 0 unspecified atom stereocenters. The van der Waals surface area contributed by atoms with Crippen molar-refractivity contribution < 1.29 is 9.84 Å². The van der Waals surface area contributed by atoms with E-state index in [0.29, 0.717) is 12.9 Å². The van der Waals surface area contributed by atoms with Crippen molar-refractivity contribution in [2.75, 3.05) is 6.51 Å². The first-order chi connectivity index (χ1) is 8.76. The van der Waals surface area contributed by atoms with Gasteiger partial charge in [-0.25, -0.2) is 0 Å². The summed E-state index contributed by atoms with van der Waals surface area (Å²) in [5, 5.41) is 18.7. The lowest BCUT2D eigenvalue weighted by Gasteiger charge is -2.37. The van der Waals surface area contributed by atoms with Crippen LogP contribution in [0.1, 0.15) is 33.3 Å². The Balaban J connectivity index is 2.54. The van der Waals surface area contributed by atoms with E-state index in [1.54, 1.807) is 13.8 Å². The van der Waals surface area contributed by atoms with Gasteiger partial charge < -0.3 is 9.84 Å². The average molecular weight is 258 g/mol. The molecular formula is C15H21BNO2. The molecule has 0 saturated heterocycles. The number of ether oxygens (including phenoxy) is 1. The third-order valence-corrected chi connectivity index (χ3v) is 3.47. The fourth-order valence-corrected chi connectivity index (χ4v) is 1.44. The molecule has 101 valence electrons. The van der Waals surface area contributed by atoms with Gasteiger partial charge in [-0.05, 0) is 33.3 Å². The second kappa shape index (κ2) is 6.23. The third-order valence-electron chi connectivity index (χ3n) is 3.47. The third kappa shape index (κ3) is 4.70. The minimum atomic E-state index is -0.899. The van der Waals surface area contributed by atoms with Gasteiger partial charge in [0.2, 0.25) is 0 Å². The van der Waals surface area contributed by atoms with E-state index in [4.69, 9.17) is 10.00 Å². The summed E-state index contributed by atoms with van der Waals surface area (Å²) in [7, 11) is 1.95. The van der Waals surface area contributed by atoms with Crippen molar-refractivity contribution in [1.82, 2.24) is 0 Å². The highest BCUT2D eigenvalue weighted by Crippen LogP contribution is 2.24. The lowest BCUT2D eigenvalue weighted by molar-refractivity contribution is -0.135. The summed E-state index contributed by atoms with van der Waals surface area (Å²) >= 11 is 0. The molecule has 4 heteroatoms. The molecule has 0 saturated carbocycles. The second-order valence-electron chi connectivity index (χ2n) is 5.66. The first-order valence-corrected chi connectivity index (χ1v) is 6.42. The number of nitriles is 1. The smallest absolute Gasteiger partial charge is 0.185 e. The van der Waals surface area contributed by atoms with Crippen LogP contribution in [-0.4, -0.2) is 30.1 Å². The monoisotopic (exact) mass is 258 g/mol. The van der Waals surface area contributed by atoms with E-state index in [1.165, 1.54) is 0 Å². The molecule has 0 heterocycles. The lowest BCUT2D eigenvalue weighted by atomic mass is 9.70. The minimum absolute atomic E-state index is 0.414. The molecule has 19 heavy (non-hydrogen) atoms. The highest BCUT2D eigenvalue weighted by molar-refractivity contribution is 6.53. The van der Waals surface area contributed by atoms with Crippen molar-refractivity contribution in [3.8, 4) is 6.07 Å². The van der Waals surface area contributed by atoms with E-state index in [-0.39, 0.29) is 0 Å². The number of rotatable bonds is 6. The summed E-state index contributed by atoms with van der Waals surface area (Å²) < 4.78 is 5.73. The van der Waals surface area contributed by atoms with Gasteiger partial charge in [0.25, 0.3) is 0 Å². The highest BCUT2D eigenvalue weighted by Gasteiger charge is 2.35. The fraction of sp³-hybridized carbons (Fsp3) is 0.533. The van der Waals surface area contributed by atoms with Crippen molar-refractivity contribution in [2.24, 2.45) is 0 Å². The second-order valence-corrected chi connectivity index (χ2v) is 5.66. The predicted molar refractivity (Wildman–Crippen MR) is 77.5 cm³/mol. The Bertz CT molecular complexity index is 458. The molecule has 1 aromatic rings. The maximum absolute atomic E-state index is 9.98. The Morgan fingerprint density at radius 1 is 1.32 bits per heavy atom. The largest absolute Gasteiger partial charge is 0.387 e. The Morgan fingerprint density at radius 3 is 2.58 bits per heavy atom. The number of aliphatic hydroxyl groups is 1. The van der Waals surface area contributed by atoms with Crippen LogP contribution < -0.4 is 5.46 Å². The van der Waals surface area contributed by atoms with Crippen molar-refractivity contribution in [3.05, 3.63) is 29.8 Å². The zero-order chi connectivity index (χ0) is 14.5. The lowest BCUT2D eigenvalue weighted by Crippen LogP contribution is -2.48. The number of hydrogen-bond donors (Lipinski definition) is 1. The van der Waals surface area contributed by atoms with Crippen molar-refractivity contribution >= 4 is 12.7 Å². The van der Waals surface area contributed by atoms with E-state index in [9.17, 15) is 5.11 Å². The number of hydrogen-bond acceptors (Lipinski definition) is 3. The van der Waals surface area contributed by atoms with Crippen LogP contribution in [0, 0.1) is 11.3 Å². The summed E-state index contributed by atoms with van der Waals surface area (Å²) in [4.78, 5) is 0. The Morgan fingerprint density at radius 2 is 2.00 bits per heavy atom. The first kappa shape index (κ1) is 15.8. The summed E-state index contributed by atoms with van der Waals surface area (Å²) in [5.74, 6) is 0. The zero-order valence-electron chi connectivity index (χ0n) is 12.1.